The molecule has 0 aliphatic carbocycles. The molecule has 0 aliphatic heterocycles. The molecule has 1 aromatic carbocycles. The quantitative estimate of drug-likeness (QED) is 0.345. The molecule has 0 heterocycles. The van der Waals surface area contributed by atoms with E-state index in [1.54, 1.807) is 0 Å². The van der Waals surface area contributed by atoms with Gasteiger partial charge in [0.05, 0.1) is 4.90 Å². The van der Waals surface area contributed by atoms with Crippen molar-refractivity contribution in [3.63, 3.8) is 0 Å². The summed E-state index contributed by atoms with van der Waals surface area (Å²) in [6.07, 6.45) is 1.34. The molecule has 1 aromatic rings. The van der Waals surface area contributed by atoms with Crippen molar-refractivity contribution in [3.8, 4) is 0 Å². The van der Waals surface area contributed by atoms with E-state index in [-0.39, 0.29) is 5.33 Å². The topological polar surface area (TPSA) is 0 Å². The van der Waals surface area contributed by atoms with Crippen LogP contribution in [0, 0.1) is 23.3 Å². The Hall–Kier alpha value is -0.230. The van der Waals surface area contributed by atoms with Crippen molar-refractivity contribution in [2.24, 2.45) is 0 Å². The lowest BCUT2D eigenvalue weighted by Crippen LogP contribution is -2.03. The van der Waals surface area contributed by atoms with E-state index in [0.717, 1.165) is 0 Å². The fourth-order valence-electron chi connectivity index (χ4n) is 0.954. The summed E-state index contributed by atoms with van der Waals surface area (Å²) in [6, 6.07) is 0. The highest BCUT2D eigenvalue weighted by Crippen LogP contribution is 2.30. The highest BCUT2D eigenvalue weighted by Gasteiger charge is 2.23. The molecule has 0 saturated carbocycles. The number of rotatable bonds is 2. The van der Waals surface area contributed by atoms with Gasteiger partial charge in [-0.05, 0) is 6.26 Å². The van der Waals surface area contributed by atoms with Crippen molar-refractivity contribution in [1.29, 1.82) is 0 Å². The monoisotopic (exact) mass is 288 g/mol. The number of benzene rings is 1. The Labute approximate surface area is 90.8 Å². The second-order valence-electron chi connectivity index (χ2n) is 2.40. The summed E-state index contributed by atoms with van der Waals surface area (Å²) in [6.45, 7) is 0. The Morgan fingerprint density at radius 1 is 1.00 bits per heavy atom. The third kappa shape index (κ3) is 1.77. The van der Waals surface area contributed by atoms with E-state index in [2.05, 4.69) is 15.9 Å². The minimum absolute atomic E-state index is 0.271. The third-order valence-electron chi connectivity index (χ3n) is 1.65. The number of thioether (sulfide) groups is 1. The van der Waals surface area contributed by atoms with E-state index < -0.39 is 33.7 Å². The minimum atomic E-state index is -1.34. The lowest BCUT2D eigenvalue weighted by atomic mass is 10.2. The Morgan fingerprint density at radius 2 is 1.43 bits per heavy atom. The van der Waals surface area contributed by atoms with E-state index in [9.17, 15) is 17.6 Å². The molecule has 0 bridgehead atoms. The molecule has 14 heavy (non-hydrogen) atoms. The summed E-state index contributed by atoms with van der Waals surface area (Å²) >= 11 is 3.38. The summed E-state index contributed by atoms with van der Waals surface area (Å²) in [7, 11) is 0. The first-order valence-electron chi connectivity index (χ1n) is 3.49. The van der Waals surface area contributed by atoms with Crippen molar-refractivity contribution >= 4 is 27.7 Å². The molecule has 0 aliphatic rings. The summed E-state index contributed by atoms with van der Waals surface area (Å²) < 4.78 is 52.3. The molecule has 0 fully saturated rings. The fourth-order valence-corrected chi connectivity index (χ4v) is 1.98. The molecule has 0 amide bonds. The highest BCUT2D eigenvalue weighted by molar-refractivity contribution is 9.08. The van der Waals surface area contributed by atoms with Crippen LogP contribution in [0.3, 0.4) is 0 Å². The van der Waals surface area contributed by atoms with Crippen molar-refractivity contribution in [3.05, 3.63) is 28.8 Å². The molecule has 0 atom stereocenters. The average Bonchev–Trinajstić information content (AvgIpc) is 2.17. The van der Waals surface area contributed by atoms with Gasteiger partial charge in [0, 0.05) is 10.9 Å². The molecule has 78 valence electrons. The maximum absolute atomic E-state index is 13.1. The molecule has 1 rings (SSSR count). The zero-order chi connectivity index (χ0) is 10.9. The summed E-state index contributed by atoms with van der Waals surface area (Å²) in [5.74, 6) is -5.37. The first kappa shape index (κ1) is 11.8. The van der Waals surface area contributed by atoms with Crippen LogP contribution in [-0.4, -0.2) is 6.26 Å². The first-order chi connectivity index (χ1) is 6.54. The van der Waals surface area contributed by atoms with Gasteiger partial charge in [0.25, 0.3) is 0 Å². The lowest BCUT2D eigenvalue weighted by Gasteiger charge is -2.07. The van der Waals surface area contributed by atoms with Crippen LogP contribution in [-0.2, 0) is 5.33 Å². The smallest absolute Gasteiger partial charge is 0.175 e. The Balaban J connectivity index is 3.55. The second-order valence-corrected chi connectivity index (χ2v) is 3.78. The van der Waals surface area contributed by atoms with Crippen LogP contribution in [0.5, 0.6) is 0 Å². The molecule has 0 spiro atoms. The van der Waals surface area contributed by atoms with Crippen LogP contribution in [0.25, 0.3) is 0 Å². The van der Waals surface area contributed by atoms with E-state index in [1.807, 2.05) is 0 Å². The van der Waals surface area contributed by atoms with Gasteiger partial charge in [-0.2, -0.15) is 0 Å². The fraction of sp³-hybridized carbons (Fsp3) is 0.250. The molecular weight excluding hydrogens is 284 g/mol. The van der Waals surface area contributed by atoms with Crippen LogP contribution in [0.1, 0.15) is 5.56 Å². The highest BCUT2D eigenvalue weighted by atomic mass is 79.9. The van der Waals surface area contributed by atoms with Gasteiger partial charge in [-0.25, -0.2) is 17.6 Å². The number of halogens is 5. The zero-order valence-electron chi connectivity index (χ0n) is 7.01. The lowest BCUT2D eigenvalue weighted by molar-refractivity contribution is 0.418. The molecule has 0 unspecified atom stereocenters. The molecule has 0 nitrogen and oxygen atoms in total. The maximum atomic E-state index is 13.1. The number of alkyl halides is 1. The van der Waals surface area contributed by atoms with Gasteiger partial charge >= 0.3 is 0 Å². The van der Waals surface area contributed by atoms with Gasteiger partial charge in [-0.15, -0.1) is 11.8 Å². The van der Waals surface area contributed by atoms with Crippen molar-refractivity contribution < 1.29 is 17.6 Å². The van der Waals surface area contributed by atoms with Gasteiger partial charge in [-0.1, -0.05) is 15.9 Å². The summed E-state index contributed by atoms with van der Waals surface area (Å²) in [5, 5.41) is -0.271. The van der Waals surface area contributed by atoms with Crippen LogP contribution in [0.4, 0.5) is 17.6 Å². The predicted molar refractivity (Wildman–Crippen MR) is 50.7 cm³/mol. The number of hydrogen-bond acceptors (Lipinski definition) is 1. The van der Waals surface area contributed by atoms with Crippen LogP contribution in [0.2, 0.25) is 0 Å². The second kappa shape index (κ2) is 4.53. The molecule has 0 saturated heterocycles. The van der Waals surface area contributed by atoms with Gasteiger partial charge in [0.1, 0.15) is 0 Å². The van der Waals surface area contributed by atoms with Gasteiger partial charge in [0.2, 0.25) is 0 Å². The Morgan fingerprint density at radius 3 is 1.71 bits per heavy atom. The molecule has 0 radical (unpaired) electrons. The first-order valence-corrected chi connectivity index (χ1v) is 5.84. The maximum Gasteiger partial charge on any atom is 0.175 e. The Kier molecular flexibility index (Phi) is 3.83. The van der Waals surface area contributed by atoms with E-state index in [0.29, 0.717) is 11.8 Å². The van der Waals surface area contributed by atoms with Gasteiger partial charge < -0.3 is 0 Å². The molecular formula is C8H5BrF4S. The minimum Gasteiger partial charge on any atom is -0.203 e. The normalized spacial score (nSPS) is 10.7. The summed E-state index contributed by atoms with van der Waals surface area (Å²) in [5.41, 5.74) is -0.627. The number of hydrogen-bond donors (Lipinski definition) is 0. The van der Waals surface area contributed by atoms with E-state index in [1.165, 1.54) is 6.26 Å². The molecule has 0 N–H and O–H groups in total. The van der Waals surface area contributed by atoms with E-state index in [4.69, 9.17) is 0 Å². The van der Waals surface area contributed by atoms with Gasteiger partial charge in [0.15, 0.2) is 23.3 Å². The third-order valence-corrected chi connectivity index (χ3v) is 2.98. The average molecular weight is 289 g/mol. The molecule has 6 heteroatoms. The predicted octanol–water partition coefficient (Wildman–Crippen LogP) is 3.86. The van der Waals surface area contributed by atoms with Crippen LogP contribution in [0.15, 0.2) is 4.90 Å². The van der Waals surface area contributed by atoms with Crippen LogP contribution < -0.4 is 0 Å². The van der Waals surface area contributed by atoms with Crippen LogP contribution >= 0.6 is 27.7 Å². The SMILES string of the molecule is CSc1c(F)c(F)c(CBr)c(F)c1F. The van der Waals surface area contributed by atoms with Crippen molar-refractivity contribution in [2.75, 3.05) is 6.26 Å². The summed E-state index contributed by atoms with van der Waals surface area (Å²) in [4.78, 5) is -0.635. The standard InChI is InChI=1S/C8H5BrF4S/c1-14-8-6(12)4(10)3(2-9)5(11)7(8)13/h2H2,1H3. The zero-order valence-corrected chi connectivity index (χ0v) is 9.41. The molecule has 0 aromatic heterocycles. The van der Waals surface area contributed by atoms with Crippen molar-refractivity contribution in [1.82, 2.24) is 0 Å². The van der Waals surface area contributed by atoms with Crippen molar-refractivity contribution in [2.45, 2.75) is 10.2 Å². The Bertz CT molecular complexity index is 303. The van der Waals surface area contributed by atoms with Gasteiger partial charge in [-0.3, -0.25) is 0 Å². The van der Waals surface area contributed by atoms with E-state index >= 15 is 0 Å². The largest absolute Gasteiger partial charge is 0.203 e.